The van der Waals surface area contributed by atoms with Gasteiger partial charge < -0.3 is 12.4 Å². The first-order valence-corrected chi connectivity index (χ1v) is 4.79. The molecule has 0 saturated heterocycles. The van der Waals surface area contributed by atoms with Crippen LogP contribution in [0.2, 0.25) is 0 Å². The van der Waals surface area contributed by atoms with Crippen molar-refractivity contribution in [1.82, 2.24) is 0 Å². The molecule has 1 rings (SSSR count). The summed E-state index contributed by atoms with van der Waals surface area (Å²) in [6, 6.07) is 6.34. The molecule has 0 saturated carbocycles. The van der Waals surface area contributed by atoms with Crippen LogP contribution in [0.3, 0.4) is 0 Å². The molecular formula is C11H18ClN. The summed E-state index contributed by atoms with van der Waals surface area (Å²) in [5.74, 6) is 0. The zero-order chi connectivity index (χ0) is 8.81. The number of aromatic nitrogens is 1. The topological polar surface area (TPSA) is 3.88 Å². The summed E-state index contributed by atoms with van der Waals surface area (Å²) in [7, 11) is 0. The Bertz CT molecular complexity index is 235. The fourth-order valence-corrected chi connectivity index (χ4v) is 1.34. The number of unbranched alkanes of at least 4 members (excludes halogenated alkanes) is 2. The fourth-order valence-electron chi connectivity index (χ4n) is 1.34. The lowest BCUT2D eigenvalue weighted by molar-refractivity contribution is -0.703. The van der Waals surface area contributed by atoms with Crippen molar-refractivity contribution in [3.8, 4) is 0 Å². The van der Waals surface area contributed by atoms with Crippen LogP contribution in [-0.4, -0.2) is 0 Å². The molecule has 0 amide bonds. The van der Waals surface area contributed by atoms with Crippen LogP contribution in [0.5, 0.6) is 0 Å². The van der Waals surface area contributed by atoms with Crippen LogP contribution < -0.4 is 17.0 Å². The molecule has 74 valence electrons. The van der Waals surface area contributed by atoms with E-state index >= 15 is 0 Å². The van der Waals surface area contributed by atoms with Crippen molar-refractivity contribution in [3.05, 3.63) is 30.1 Å². The second-order valence-electron chi connectivity index (χ2n) is 3.24. The molecule has 2 heteroatoms. The van der Waals surface area contributed by atoms with Gasteiger partial charge in [0.1, 0.15) is 6.54 Å². The SMILES string of the molecule is CCCCC[n+]1ccccc1C.[Cl-]. The van der Waals surface area contributed by atoms with Crippen molar-refractivity contribution in [2.45, 2.75) is 39.7 Å². The van der Waals surface area contributed by atoms with Crippen LogP contribution in [0.1, 0.15) is 31.9 Å². The lowest BCUT2D eigenvalue weighted by atomic mass is 10.2. The van der Waals surface area contributed by atoms with E-state index in [1.54, 1.807) is 0 Å². The highest BCUT2D eigenvalue weighted by Gasteiger charge is 2.01. The Balaban J connectivity index is 0.00000144. The maximum atomic E-state index is 2.32. The largest absolute Gasteiger partial charge is 1.00 e. The molecule has 0 aromatic carbocycles. The summed E-state index contributed by atoms with van der Waals surface area (Å²) in [4.78, 5) is 0. The van der Waals surface area contributed by atoms with E-state index in [0.717, 1.165) is 0 Å². The lowest BCUT2D eigenvalue weighted by Gasteiger charge is -1.98. The molecule has 0 spiro atoms. The molecule has 0 radical (unpaired) electrons. The number of aryl methyl sites for hydroxylation is 2. The Kier molecular flexibility index (Phi) is 6.61. The summed E-state index contributed by atoms with van der Waals surface area (Å²) in [6.07, 6.45) is 6.09. The average molecular weight is 200 g/mol. The van der Waals surface area contributed by atoms with E-state index in [-0.39, 0.29) is 12.4 Å². The Labute approximate surface area is 87.2 Å². The van der Waals surface area contributed by atoms with Crippen molar-refractivity contribution < 1.29 is 17.0 Å². The summed E-state index contributed by atoms with van der Waals surface area (Å²) < 4.78 is 2.32. The first kappa shape index (κ1) is 12.4. The summed E-state index contributed by atoms with van der Waals surface area (Å²) in [5.41, 5.74) is 1.36. The number of halogens is 1. The van der Waals surface area contributed by atoms with Gasteiger partial charge in [0.05, 0.1) is 0 Å². The van der Waals surface area contributed by atoms with Crippen LogP contribution in [0.15, 0.2) is 24.4 Å². The van der Waals surface area contributed by atoms with Crippen molar-refractivity contribution in [1.29, 1.82) is 0 Å². The van der Waals surface area contributed by atoms with Crippen molar-refractivity contribution in [2.75, 3.05) is 0 Å². The minimum atomic E-state index is 0. The van der Waals surface area contributed by atoms with E-state index in [1.165, 1.54) is 31.5 Å². The molecule has 0 N–H and O–H groups in total. The van der Waals surface area contributed by atoms with E-state index in [2.05, 4.69) is 42.8 Å². The normalized spacial score (nSPS) is 9.38. The fraction of sp³-hybridized carbons (Fsp3) is 0.545. The third kappa shape index (κ3) is 4.28. The number of hydrogen-bond acceptors (Lipinski definition) is 0. The molecule has 1 heterocycles. The summed E-state index contributed by atoms with van der Waals surface area (Å²) in [5, 5.41) is 0. The predicted octanol–water partition coefficient (Wildman–Crippen LogP) is -0.523. The molecule has 0 fully saturated rings. The number of nitrogens with zero attached hydrogens (tertiary/aromatic N) is 1. The third-order valence-corrected chi connectivity index (χ3v) is 2.17. The summed E-state index contributed by atoms with van der Waals surface area (Å²) >= 11 is 0. The van der Waals surface area contributed by atoms with Crippen LogP contribution >= 0.6 is 0 Å². The summed E-state index contributed by atoms with van der Waals surface area (Å²) in [6.45, 7) is 5.56. The quantitative estimate of drug-likeness (QED) is 0.454. The van der Waals surface area contributed by atoms with E-state index in [4.69, 9.17) is 0 Å². The first-order chi connectivity index (χ1) is 5.84. The second-order valence-corrected chi connectivity index (χ2v) is 3.24. The lowest BCUT2D eigenvalue weighted by Crippen LogP contribution is -3.00. The molecule has 0 aliphatic rings. The van der Waals surface area contributed by atoms with E-state index in [9.17, 15) is 0 Å². The van der Waals surface area contributed by atoms with E-state index in [0.29, 0.717) is 0 Å². The van der Waals surface area contributed by atoms with E-state index in [1.807, 2.05) is 0 Å². The van der Waals surface area contributed by atoms with Gasteiger partial charge in [-0.3, -0.25) is 0 Å². The van der Waals surface area contributed by atoms with Gasteiger partial charge in [-0.15, -0.1) is 0 Å². The molecule has 1 nitrogen and oxygen atoms in total. The minimum absolute atomic E-state index is 0. The maximum absolute atomic E-state index is 2.32. The van der Waals surface area contributed by atoms with Crippen molar-refractivity contribution in [3.63, 3.8) is 0 Å². The molecule has 0 aliphatic carbocycles. The first-order valence-electron chi connectivity index (χ1n) is 4.79. The molecule has 13 heavy (non-hydrogen) atoms. The Morgan fingerprint density at radius 2 is 2.00 bits per heavy atom. The van der Waals surface area contributed by atoms with Crippen LogP contribution in [0, 0.1) is 6.92 Å². The Morgan fingerprint density at radius 1 is 1.23 bits per heavy atom. The minimum Gasteiger partial charge on any atom is -1.00 e. The molecule has 1 aromatic rings. The highest BCUT2D eigenvalue weighted by molar-refractivity contribution is 4.93. The average Bonchev–Trinajstić information content (AvgIpc) is 2.09. The second kappa shape index (κ2) is 6.90. The highest BCUT2D eigenvalue weighted by atomic mass is 35.5. The molecule has 0 atom stereocenters. The van der Waals surface area contributed by atoms with Gasteiger partial charge in [-0.1, -0.05) is 19.4 Å². The monoisotopic (exact) mass is 199 g/mol. The van der Waals surface area contributed by atoms with Gasteiger partial charge in [0.25, 0.3) is 0 Å². The van der Waals surface area contributed by atoms with Crippen LogP contribution in [0.25, 0.3) is 0 Å². The Hall–Kier alpha value is -0.560. The van der Waals surface area contributed by atoms with Gasteiger partial charge in [0, 0.05) is 25.5 Å². The molecule has 1 aromatic heterocycles. The Morgan fingerprint density at radius 3 is 2.62 bits per heavy atom. The molecule has 0 aliphatic heterocycles. The van der Waals surface area contributed by atoms with Gasteiger partial charge in [-0.2, -0.15) is 0 Å². The number of rotatable bonds is 4. The molecule has 0 bridgehead atoms. The van der Waals surface area contributed by atoms with Gasteiger partial charge in [-0.25, -0.2) is 4.57 Å². The standard InChI is InChI=1S/C11H18N.ClH/c1-3-4-6-9-12-10-7-5-8-11(12)2;/h5,7-8,10H,3-4,6,9H2,1-2H3;1H/q+1;/p-1. The maximum Gasteiger partial charge on any atom is 0.178 e. The van der Waals surface area contributed by atoms with Gasteiger partial charge >= 0.3 is 0 Å². The van der Waals surface area contributed by atoms with E-state index < -0.39 is 0 Å². The smallest absolute Gasteiger partial charge is 0.178 e. The molecular weight excluding hydrogens is 182 g/mol. The highest BCUT2D eigenvalue weighted by Crippen LogP contribution is 1.95. The zero-order valence-corrected chi connectivity index (χ0v) is 9.22. The predicted molar refractivity (Wildman–Crippen MR) is 50.9 cm³/mol. The zero-order valence-electron chi connectivity index (χ0n) is 8.46. The number of pyridine rings is 1. The van der Waals surface area contributed by atoms with Crippen molar-refractivity contribution in [2.24, 2.45) is 0 Å². The van der Waals surface area contributed by atoms with Gasteiger partial charge in [0.2, 0.25) is 0 Å². The van der Waals surface area contributed by atoms with Crippen LogP contribution in [-0.2, 0) is 6.54 Å². The van der Waals surface area contributed by atoms with Crippen molar-refractivity contribution >= 4 is 0 Å². The third-order valence-electron chi connectivity index (χ3n) is 2.17. The van der Waals surface area contributed by atoms with Gasteiger partial charge in [0.15, 0.2) is 11.9 Å². The molecule has 0 unspecified atom stereocenters. The van der Waals surface area contributed by atoms with Crippen LogP contribution in [0.4, 0.5) is 0 Å². The number of hydrogen-bond donors (Lipinski definition) is 0. The van der Waals surface area contributed by atoms with Gasteiger partial charge in [-0.05, 0) is 6.42 Å².